The van der Waals surface area contributed by atoms with Gasteiger partial charge in [-0.25, -0.2) is 8.93 Å². The Morgan fingerprint density at radius 1 is 0.929 bits per heavy atom. The number of rotatable bonds is 9. The van der Waals surface area contributed by atoms with Gasteiger partial charge in [0.2, 0.25) is 0 Å². The highest BCUT2D eigenvalue weighted by atomic mass is 32.2. The molecule has 1 N–H and O–H groups in total. The minimum Gasteiger partial charge on any atom is -0.414 e. The molecule has 28 heavy (non-hydrogen) atoms. The molecule has 0 aliphatic rings. The summed E-state index contributed by atoms with van der Waals surface area (Å²) in [5.74, 6) is 0. The molecule has 0 aliphatic heterocycles. The first-order chi connectivity index (χ1) is 12.2. The Labute approximate surface area is 180 Å². The minimum absolute atomic E-state index is 0.0805. The third-order valence-electron chi connectivity index (χ3n) is 6.12. The molecule has 0 fully saturated rings. The zero-order valence-corrected chi connectivity index (χ0v) is 23.6. The molecule has 0 amide bonds. The Hall–Kier alpha value is 0.204. The normalized spacial score (nSPS) is 17.9. The van der Waals surface area contributed by atoms with E-state index in [2.05, 4.69) is 79.0 Å². The van der Waals surface area contributed by atoms with E-state index < -0.39 is 27.6 Å². The smallest absolute Gasteiger partial charge is 0.192 e. The summed E-state index contributed by atoms with van der Waals surface area (Å²) in [6.45, 7) is 32.8. The minimum atomic E-state index is -2.04. The average Bonchev–Trinajstić information content (AvgIpc) is 2.45. The predicted octanol–water partition coefficient (Wildman–Crippen LogP) is 6.01. The maximum absolute atomic E-state index is 12.7. The second kappa shape index (κ2) is 9.56. The lowest BCUT2D eigenvalue weighted by atomic mass is 10.2. The van der Waals surface area contributed by atoms with Gasteiger partial charge < -0.3 is 8.85 Å². The van der Waals surface area contributed by atoms with E-state index in [4.69, 9.17) is 8.85 Å². The molecule has 0 bridgehead atoms. The van der Waals surface area contributed by atoms with Crippen LogP contribution in [0.4, 0.5) is 0 Å². The molecule has 0 aromatic rings. The van der Waals surface area contributed by atoms with E-state index in [0.29, 0.717) is 6.61 Å². The maximum atomic E-state index is 12.7. The van der Waals surface area contributed by atoms with Crippen LogP contribution in [0.15, 0.2) is 12.7 Å². The molecule has 7 heteroatoms. The standard InChI is InChI=1S/C21H47NO3SSi2/c1-15-17(22-26(23)19(2,3)4)18(25-28(13,14)21(8,9)10)16-24-27(11,12)20(5,6)7/h15,17-18,22H,1,16H2,2-14H3/t17-,18+,26+/m1/s1. The van der Waals surface area contributed by atoms with Crippen LogP contribution in [0.2, 0.25) is 36.3 Å². The summed E-state index contributed by atoms with van der Waals surface area (Å²) in [5.41, 5.74) is 0. The molecule has 3 atom stereocenters. The molecular formula is C21H47NO3SSi2. The fourth-order valence-electron chi connectivity index (χ4n) is 1.85. The Kier molecular flexibility index (Phi) is 9.63. The molecule has 168 valence electrons. The molecule has 0 saturated heterocycles. The van der Waals surface area contributed by atoms with Crippen molar-refractivity contribution in [1.29, 1.82) is 0 Å². The third kappa shape index (κ3) is 8.15. The Morgan fingerprint density at radius 2 is 1.36 bits per heavy atom. The fourth-order valence-corrected chi connectivity index (χ4v) is 5.04. The van der Waals surface area contributed by atoms with Crippen molar-refractivity contribution in [1.82, 2.24) is 4.72 Å². The number of hydrogen-bond donors (Lipinski definition) is 1. The molecule has 0 heterocycles. The molecular weight excluding hydrogens is 402 g/mol. The first kappa shape index (κ1) is 28.2. The van der Waals surface area contributed by atoms with Crippen molar-refractivity contribution in [2.45, 2.75) is 115 Å². The van der Waals surface area contributed by atoms with Crippen molar-refractivity contribution < 1.29 is 13.1 Å². The van der Waals surface area contributed by atoms with Gasteiger partial charge in [-0.15, -0.1) is 6.58 Å². The van der Waals surface area contributed by atoms with Crippen LogP contribution in [0.3, 0.4) is 0 Å². The van der Waals surface area contributed by atoms with Gasteiger partial charge in [0, 0.05) is 0 Å². The second-order valence-corrected chi connectivity index (χ2v) is 23.3. The largest absolute Gasteiger partial charge is 0.414 e. The summed E-state index contributed by atoms with van der Waals surface area (Å²) in [6.07, 6.45) is 1.59. The Morgan fingerprint density at radius 3 is 1.68 bits per heavy atom. The monoisotopic (exact) mass is 449 g/mol. The van der Waals surface area contributed by atoms with Gasteiger partial charge in [-0.3, -0.25) is 0 Å². The molecule has 0 saturated carbocycles. The van der Waals surface area contributed by atoms with Crippen LogP contribution < -0.4 is 4.72 Å². The summed E-state index contributed by atoms with van der Waals surface area (Å²) in [4.78, 5) is 0. The highest BCUT2D eigenvalue weighted by molar-refractivity contribution is 7.84. The van der Waals surface area contributed by atoms with Crippen molar-refractivity contribution in [3.63, 3.8) is 0 Å². The zero-order chi connectivity index (χ0) is 22.8. The van der Waals surface area contributed by atoms with E-state index in [-0.39, 0.29) is 27.0 Å². The van der Waals surface area contributed by atoms with Crippen molar-refractivity contribution in [3.8, 4) is 0 Å². The number of nitrogens with one attached hydrogen (secondary N) is 1. The second-order valence-electron chi connectivity index (χ2n) is 11.7. The maximum Gasteiger partial charge on any atom is 0.192 e. The summed E-state index contributed by atoms with van der Waals surface area (Å²) in [7, 11) is -5.17. The lowest BCUT2D eigenvalue weighted by Gasteiger charge is -2.43. The first-order valence-corrected chi connectivity index (χ1v) is 17.2. The van der Waals surface area contributed by atoms with Crippen molar-refractivity contribution in [2.75, 3.05) is 6.61 Å². The highest BCUT2D eigenvalue weighted by Crippen LogP contribution is 2.39. The van der Waals surface area contributed by atoms with Crippen LogP contribution >= 0.6 is 0 Å². The molecule has 0 rings (SSSR count). The van der Waals surface area contributed by atoms with Gasteiger partial charge in [-0.1, -0.05) is 47.6 Å². The van der Waals surface area contributed by atoms with Crippen LogP contribution in [-0.4, -0.2) is 44.3 Å². The van der Waals surface area contributed by atoms with E-state index in [9.17, 15) is 4.21 Å². The van der Waals surface area contributed by atoms with E-state index >= 15 is 0 Å². The topological polar surface area (TPSA) is 47.6 Å². The molecule has 0 aromatic heterocycles. The van der Waals surface area contributed by atoms with Crippen molar-refractivity contribution in [3.05, 3.63) is 12.7 Å². The molecule has 0 spiro atoms. The summed E-state index contributed by atoms with van der Waals surface area (Å²) < 4.78 is 28.9. The quantitative estimate of drug-likeness (QED) is 0.346. The van der Waals surface area contributed by atoms with Crippen molar-refractivity contribution >= 4 is 27.6 Å². The van der Waals surface area contributed by atoms with Crippen LogP contribution in [0, 0.1) is 0 Å². The van der Waals surface area contributed by atoms with Gasteiger partial charge in [-0.05, 0) is 57.0 Å². The Balaban J connectivity index is 5.71. The first-order valence-electron chi connectivity index (χ1n) is 10.3. The SMILES string of the molecule is C=C[C@@H](N[S@@](=O)C(C)(C)C)[C@H](CO[Si](C)(C)C(C)(C)C)O[Si](C)(C)C(C)(C)C. The molecule has 0 radical (unpaired) electrons. The number of hydrogen-bond acceptors (Lipinski definition) is 3. The van der Waals surface area contributed by atoms with Crippen LogP contribution in [0.1, 0.15) is 62.3 Å². The summed E-state index contributed by atoms with van der Waals surface area (Å²) >= 11 is 0. The van der Waals surface area contributed by atoms with E-state index in [0.717, 1.165) is 0 Å². The van der Waals surface area contributed by atoms with Gasteiger partial charge in [0.05, 0.1) is 34.5 Å². The fraction of sp³-hybridized carbons (Fsp3) is 0.905. The predicted molar refractivity (Wildman–Crippen MR) is 130 cm³/mol. The van der Waals surface area contributed by atoms with Crippen LogP contribution in [-0.2, 0) is 19.8 Å². The van der Waals surface area contributed by atoms with Gasteiger partial charge in [-0.2, -0.15) is 0 Å². The average molecular weight is 450 g/mol. The lowest BCUT2D eigenvalue weighted by Crippen LogP contribution is -2.54. The third-order valence-corrected chi connectivity index (χ3v) is 16.7. The molecule has 0 aromatic carbocycles. The lowest BCUT2D eigenvalue weighted by molar-refractivity contribution is 0.0941. The van der Waals surface area contributed by atoms with Crippen molar-refractivity contribution in [2.24, 2.45) is 0 Å². The van der Waals surface area contributed by atoms with Gasteiger partial charge in [0.15, 0.2) is 16.6 Å². The zero-order valence-electron chi connectivity index (χ0n) is 20.8. The van der Waals surface area contributed by atoms with Gasteiger partial charge >= 0.3 is 0 Å². The van der Waals surface area contributed by atoms with E-state index in [1.807, 2.05) is 26.8 Å². The summed E-state index contributed by atoms with van der Waals surface area (Å²) in [6, 6.07) is -0.237. The van der Waals surface area contributed by atoms with Crippen LogP contribution in [0.5, 0.6) is 0 Å². The Bertz CT molecular complexity index is 543. The van der Waals surface area contributed by atoms with Gasteiger partial charge in [0.1, 0.15) is 0 Å². The highest BCUT2D eigenvalue weighted by Gasteiger charge is 2.43. The van der Waals surface area contributed by atoms with Gasteiger partial charge in [0.25, 0.3) is 0 Å². The molecule has 4 nitrogen and oxygen atoms in total. The van der Waals surface area contributed by atoms with E-state index in [1.165, 1.54) is 0 Å². The van der Waals surface area contributed by atoms with E-state index in [1.54, 1.807) is 0 Å². The summed E-state index contributed by atoms with van der Waals surface area (Å²) in [5, 5.41) is 0.205. The molecule has 0 aliphatic carbocycles. The van der Waals surface area contributed by atoms with Crippen LogP contribution in [0.25, 0.3) is 0 Å². The molecule has 0 unspecified atom stereocenters.